The van der Waals surface area contributed by atoms with E-state index in [2.05, 4.69) is 4.90 Å². The average molecular weight is 199 g/mol. The molecular formula is C10H17NO3. The number of hydrogen-bond donors (Lipinski definition) is 2. The third-order valence-electron chi connectivity index (χ3n) is 3.52. The van der Waals surface area contributed by atoms with E-state index in [9.17, 15) is 9.90 Å². The second-order valence-corrected chi connectivity index (χ2v) is 4.50. The van der Waals surface area contributed by atoms with Crippen LogP contribution < -0.4 is 0 Å². The summed E-state index contributed by atoms with van der Waals surface area (Å²) < 4.78 is 0. The fraction of sp³-hybridized carbons (Fsp3) is 0.900. The summed E-state index contributed by atoms with van der Waals surface area (Å²) in [6.45, 7) is 1.04. The number of carboxylic acids is 1. The summed E-state index contributed by atoms with van der Waals surface area (Å²) in [5.41, 5.74) is -1.48. The minimum atomic E-state index is -1.48. The number of likely N-dealkylation sites (tertiary alicyclic amines) is 1. The van der Waals surface area contributed by atoms with E-state index >= 15 is 0 Å². The lowest BCUT2D eigenvalue weighted by molar-refractivity contribution is -0.157. The van der Waals surface area contributed by atoms with Crippen LogP contribution in [0.15, 0.2) is 0 Å². The van der Waals surface area contributed by atoms with Crippen molar-refractivity contribution in [3.05, 3.63) is 0 Å². The fourth-order valence-corrected chi connectivity index (χ4v) is 2.58. The molecular weight excluding hydrogens is 182 g/mol. The maximum absolute atomic E-state index is 10.8. The molecule has 0 amide bonds. The van der Waals surface area contributed by atoms with Crippen LogP contribution in [0.5, 0.6) is 0 Å². The van der Waals surface area contributed by atoms with Gasteiger partial charge in [-0.2, -0.15) is 0 Å². The number of aliphatic hydroxyl groups is 1. The van der Waals surface area contributed by atoms with Crippen molar-refractivity contribution in [2.45, 2.75) is 43.7 Å². The second-order valence-electron chi connectivity index (χ2n) is 4.50. The molecule has 0 aromatic carbocycles. The molecule has 4 heteroatoms. The van der Waals surface area contributed by atoms with Gasteiger partial charge in [0.15, 0.2) is 5.60 Å². The van der Waals surface area contributed by atoms with E-state index in [0.29, 0.717) is 19.0 Å². The zero-order valence-corrected chi connectivity index (χ0v) is 8.28. The van der Waals surface area contributed by atoms with Gasteiger partial charge in [-0.15, -0.1) is 0 Å². The van der Waals surface area contributed by atoms with E-state index in [4.69, 9.17) is 5.11 Å². The molecule has 0 radical (unpaired) electrons. The number of carbonyl (C=O) groups is 1. The summed E-state index contributed by atoms with van der Waals surface area (Å²) in [5, 5.41) is 18.6. The highest BCUT2D eigenvalue weighted by Gasteiger charge is 2.44. The van der Waals surface area contributed by atoms with Crippen LogP contribution in [0.2, 0.25) is 0 Å². The van der Waals surface area contributed by atoms with Gasteiger partial charge in [-0.05, 0) is 12.8 Å². The standard InChI is InChI=1S/C10H17NO3/c12-9(13)10(14)5-6-11(7-10)8-3-1-2-4-8/h8,14H,1-7H2,(H,12,13). The molecule has 1 aliphatic heterocycles. The molecule has 2 rings (SSSR count). The molecule has 1 atom stereocenters. The van der Waals surface area contributed by atoms with Crippen molar-refractivity contribution < 1.29 is 15.0 Å². The Balaban J connectivity index is 1.96. The molecule has 0 aromatic heterocycles. The van der Waals surface area contributed by atoms with E-state index in [-0.39, 0.29) is 0 Å². The fourth-order valence-electron chi connectivity index (χ4n) is 2.58. The Morgan fingerprint density at radius 3 is 2.50 bits per heavy atom. The van der Waals surface area contributed by atoms with Crippen LogP contribution in [-0.2, 0) is 4.79 Å². The van der Waals surface area contributed by atoms with Gasteiger partial charge >= 0.3 is 5.97 Å². The lowest BCUT2D eigenvalue weighted by Gasteiger charge is -2.24. The highest BCUT2D eigenvalue weighted by atomic mass is 16.4. The number of β-amino-alcohol motifs (C(OH)–C–C–N with tert-alkyl or cyclic N) is 1. The number of carboxylic acid groups (broad SMARTS) is 1. The van der Waals surface area contributed by atoms with Gasteiger partial charge in [-0.1, -0.05) is 12.8 Å². The monoisotopic (exact) mass is 199 g/mol. The molecule has 1 saturated carbocycles. The summed E-state index contributed by atoms with van der Waals surface area (Å²) in [4.78, 5) is 12.9. The Labute approximate surface area is 83.5 Å². The van der Waals surface area contributed by atoms with Gasteiger partial charge in [0, 0.05) is 25.6 Å². The number of hydrogen-bond acceptors (Lipinski definition) is 3. The van der Waals surface area contributed by atoms with E-state index in [1.54, 1.807) is 0 Å². The number of rotatable bonds is 2. The maximum atomic E-state index is 10.8. The highest BCUT2D eigenvalue weighted by molar-refractivity contribution is 5.77. The van der Waals surface area contributed by atoms with Crippen molar-refractivity contribution in [3.8, 4) is 0 Å². The van der Waals surface area contributed by atoms with Crippen LogP contribution >= 0.6 is 0 Å². The van der Waals surface area contributed by atoms with Crippen molar-refractivity contribution >= 4 is 5.97 Å². The zero-order valence-electron chi connectivity index (χ0n) is 8.28. The molecule has 14 heavy (non-hydrogen) atoms. The van der Waals surface area contributed by atoms with Crippen molar-refractivity contribution in [3.63, 3.8) is 0 Å². The molecule has 1 unspecified atom stereocenters. The van der Waals surface area contributed by atoms with Gasteiger partial charge in [-0.3, -0.25) is 4.90 Å². The number of nitrogens with zero attached hydrogens (tertiary/aromatic N) is 1. The van der Waals surface area contributed by atoms with Crippen LogP contribution in [0, 0.1) is 0 Å². The minimum absolute atomic E-state index is 0.312. The summed E-state index contributed by atoms with van der Waals surface area (Å²) in [6.07, 6.45) is 5.18. The lowest BCUT2D eigenvalue weighted by Crippen LogP contribution is -2.43. The van der Waals surface area contributed by atoms with Gasteiger partial charge in [0.05, 0.1) is 0 Å². The van der Waals surface area contributed by atoms with E-state index in [0.717, 1.165) is 19.4 Å². The predicted molar refractivity (Wildman–Crippen MR) is 51.0 cm³/mol. The molecule has 2 fully saturated rings. The molecule has 1 aliphatic carbocycles. The van der Waals surface area contributed by atoms with Crippen molar-refractivity contribution in [1.29, 1.82) is 0 Å². The number of aliphatic carboxylic acids is 1. The molecule has 1 heterocycles. The van der Waals surface area contributed by atoms with E-state index < -0.39 is 11.6 Å². The minimum Gasteiger partial charge on any atom is -0.479 e. The molecule has 0 bridgehead atoms. The lowest BCUT2D eigenvalue weighted by atomic mass is 10.0. The Bertz CT molecular complexity index is 238. The van der Waals surface area contributed by atoms with Crippen molar-refractivity contribution in [2.24, 2.45) is 0 Å². The first-order valence-corrected chi connectivity index (χ1v) is 5.32. The highest BCUT2D eigenvalue weighted by Crippen LogP contribution is 2.30. The molecule has 1 saturated heterocycles. The normalized spacial score (nSPS) is 35.2. The third-order valence-corrected chi connectivity index (χ3v) is 3.52. The van der Waals surface area contributed by atoms with Gasteiger partial charge < -0.3 is 10.2 Å². The zero-order chi connectivity index (χ0) is 10.2. The second kappa shape index (κ2) is 3.51. The van der Waals surface area contributed by atoms with Crippen LogP contribution in [0.4, 0.5) is 0 Å². The molecule has 2 aliphatic rings. The summed E-state index contributed by atoms with van der Waals surface area (Å²) in [7, 11) is 0. The summed E-state index contributed by atoms with van der Waals surface area (Å²) in [6, 6.07) is 0.517. The van der Waals surface area contributed by atoms with Crippen LogP contribution in [0.1, 0.15) is 32.1 Å². The first kappa shape index (κ1) is 9.93. The van der Waals surface area contributed by atoms with Crippen LogP contribution in [0.25, 0.3) is 0 Å². The Hall–Kier alpha value is -0.610. The van der Waals surface area contributed by atoms with E-state index in [1.807, 2.05) is 0 Å². The molecule has 4 nitrogen and oxygen atoms in total. The maximum Gasteiger partial charge on any atom is 0.337 e. The summed E-state index contributed by atoms with van der Waals surface area (Å²) >= 11 is 0. The molecule has 80 valence electrons. The van der Waals surface area contributed by atoms with Gasteiger partial charge in [0.25, 0.3) is 0 Å². The van der Waals surface area contributed by atoms with E-state index in [1.165, 1.54) is 12.8 Å². The summed E-state index contributed by atoms with van der Waals surface area (Å²) in [5.74, 6) is -1.07. The first-order valence-electron chi connectivity index (χ1n) is 5.32. The van der Waals surface area contributed by atoms with Gasteiger partial charge in [-0.25, -0.2) is 4.79 Å². The van der Waals surface area contributed by atoms with Crippen molar-refractivity contribution in [2.75, 3.05) is 13.1 Å². The molecule has 0 spiro atoms. The Morgan fingerprint density at radius 2 is 2.00 bits per heavy atom. The quantitative estimate of drug-likeness (QED) is 0.678. The third kappa shape index (κ3) is 1.64. The Morgan fingerprint density at radius 1 is 1.36 bits per heavy atom. The van der Waals surface area contributed by atoms with Crippen LogP contribution in [0.3, 0.4) is 0 Å². The SMILES string of the molecule is O=C(O)C1(O)CCN(C2CCCC2)C1. The molecule has 2 N–H and O–H groups in total. The smallest absolute Gasteiger partial charge is 0.337 e. The first-order chi connectivity index (χ1) is 6.62. The van der Waals surface area contributed by atoms with Gasteiger partial charge in [0.1, 0.15) is 0 Å². The van der Waals surface area contributed by atoms with Crippen LogP contribution in [-0.4, -0.2) is 45.8 Å². The Kier molecular flexibility index (Phi) is 2.49. The topological polar surface area (TPSA) is 60.8 Å². The average Bonchev–Trinajstić information content (AvgIpc) is 2.72. The van der Waals surface area contributed by atoms with Crippen molar-refractivity contribution in [1.82, 2.24) is 4.90 Å². The molecule has 0 aromatic rings. The predicted octanol–water partition coefficient (Wildman–Crippen LogP) is 0.450. The van der Waals surface area contributed by atoms with Gasteiger partial charge in [0.2, 0.25) is 0 Å². The largest absolute Gasteiger partial charge is 0.479 e.